The van der Waals surface area contributed by atoms with Gasteiger partial charge in [-0.1, -0.05) is 0 Å². The summed E-state index contributed by atoms with van der Waals surface area (Å²) in [4.78, 5) is 0. The third kappa shape index (κ3) is 0.956. The summed E-state index contributed by atoms with van der Waals surface area (Å²) in [7, 11) is 0. The van der Waals surface area contributed by atoms with Gasteiger partial charge >= 0.3 is 0 Å². The highest BCUT2D eigenvalue weighted by molar-refractivity contribution is 4.95. The Hall–Kier alpha value is -0.0800. The molecule has 2 heteroatoms. The minimum atomic E-state index is 0.580. The molecular formula is C8H15NO. The van der Waals surface area contributed by atoms with Crippen LogP contribution in [0.15, 0.2) is 0 Å². The predicted octanol–water partition coefficient (Wildman–Crippen LogP) is 0.773. The summed E-state index contributed by atoms with van der Waals surface area (Å²) < 4.78 is 5.60. The van der Waals surface area contributed by atoms with Crippen molar-refractivity contribution in [3.05, 3.63) is 0 Å². The summed E-state index contributed by atoms with van der Waals surface area (Å²) in [6.07, 6.45) is 3.18. The summed E-state index contributed by atoms with van der Waals surface area (Å²) >= 11 is 0. The lowest BCUT2D eigenvalue weighted by atomic mass is 10.1. The van der Waals surface area contributed by atoms with Crippen LogP contribution in [0.5, 0.6) is 0 Å². The Morgan fingerprint density at radius 1 is 1.50 bits per heavy atom. The summed E-state index contributed by atoms with van der Waals surface area (Å²) in [5.41, 5.74) is 0. The number of ether oxygens (including phenoxy) is 1. The molecule has 1 saturated heterocycles. The first kappa shape index (κ1) is 6.62. The smallest absolute Gasteiger partial charge is 0.0630 e. The molecule has 10 heavy (non-hydrogen) atoms. The molecule has 1 heterocycles. The molecule has 3 atom stereocenters. The van der Waals surface area contributed by atoms with Crippen molar-refractivity contribution in [3.63, 3.8) is 0 Å². The van der Waals surface area contributed by atoms with Crippen molar-refractivity contribution in [1.29, 1.82) is 0 Å². The second-order valence-corrected chi connectivity index (χ2v) is 3.33. The van der Waals surface area contributed by atoms with Crippen LogP contribution in [0.3, 0.4) is 0 Å². The molecule has 2 unspecified atom stereocenters. The molecule has 0 aromatic carbocycles. The van der Waals surface area contributed by atoms with Gasteiger partial charge in [-0.05, 0) is 25.7 Å². The molecule has 0 radical (unpaired) electrons. The Morgan fingerprint density at radius 3 is 2.90 bits per heavy atom. The standard InChI is InChI=1S/C8H15NO/c1-2-10-8-4-7-3-6(8)5-9-7/h6-9H,2-5H2,1H3/t6?,7?,8-/m0/s1. The van der Waals surface area contributed by atoms with Gasteiger partial charge in [0.1, 0.15) is 0 Å². The van der Waals surface area contributed by atoms with Crippen LogP contribution >= 0.6 is 0 Å². The average Bonchev–Trinajstić information content (AvgIpc) is 2.48. The quantitative estimate of drug-likeness (QED) is 0.613. The molecule has 2 aliphatic rings. The fraction of sp³-hybridized carbons (Fsp3) is 1.00. The first-order chi connectivity index (χ1) is 4.90. The SMILES string of the molecule is CCO[C@H]1CC2CC1CN2. The molecule has 1 saturated carbocycles. The molecule has 2 rings (SSSR count). The van der Waals surface area contributed by atoms with E-state index in [1.165, 1.54) is 19.4 Å². The number of piperidine rings is 1. The number of hydrogen-bond acceptors (Lipinski definition) is 2. The predicted molar refractivity (Wildman–Crippen MR) is 39.9 cm³/mol. The maximum Gasteiger partial charge on any atom is 0.0630 e. The summed E-state index contributed by atoms with van der Waals surface area (Å²) in [5, 5.41) is 3.46. The van der Waals surface area contributed by atoms with Gasteiger partial charge in [0.2, 0.25) is 0 Å². The zero-order valence-electron chi connectivity index (χ0n) is 6.47. The molecular weight excluding hydrogens is 126 g/mol. The Kier molecular flexibility index (Phi) is 1.66. The van der Waals surface area contributed by atoms with Crippen molar-refractivity contribution in [2.75, 3.05) is 13.2 Å². The Balaban J connectivity index is 1.90. The number of hydrogen-bond donors (Lipinski definition) is 1. The Labute approximate surface area is 61.9 Å². The van der Waals surface area contributed by atoms with E-state index < -0.39 is 0 Å². The van der Waals surface area contributed by atoms with Gasteiger partial charge in [0, 0.05) is 19.2 Å². The minimum absolute atomic E-state index is 0.580. The van der Waals surface area contributed by atoms with Gasteiger partial charge in [-0.2, -0.15) is 0 Å². The molecule has 2 fully saturated rings. The highest BCUT2D eigenvalue weighted by Crippen LogP contribution is 2.33. The third-order valence-electron chi connectivity index (χ3n) is 2.68. The first-order valence-electron chi connectivity index (χ1n) is 4.25. The van der Waals surface area contributed by atoms with Crippen LogP contribution < -0.4 is 5.32 Å². The van der Waals surface area contributed by atoms with Crippen LogP contribution in [-0.4, -0.2) is 25.3 Å². The average molecular weight is 141 g/mol. The zero-order valence-corrected chi connectivity index (χ0v) is 6.47. The van der Waals surface area contributed by atoms with Crippen molar-refractivity contribution in [2.24, 2.45) is 5.92 Å². The Morgan fingerprint density at radius 2 is 2.40 bits per heavy atom. The number of fused-ring (bicyclic) bond motifs is 2. The van der Waals surface area contributed by atoms with Gasteiger partial charge in [0.15, 0.2) is 0 Å². The molecule has 2 bridgehead atoms. The van der Waals surface area contributed by atoms with Crippen molar-refractivity contribution >= 4 is 0 Å². The van der Waals surface area contributed by atoms with Crippen LogP contribution in [0.25, 0.3) is 0 Å². The molecule has 0 aromatic heterocycles. The lowest BCUT2D eigenvalue weighted by Gasteiger charge is -2.21. The van der Waals surface area contributed by atoms with E-state index in [-0.39, 0.29) is 0 Å². The van der Waals surface area contributed by atoms with E-state index >= 15 is 0 Å². The maximum absolute atomic E-state index is 5.60. The fourth-order valence-corrected chi connectivity index (χ4v) is 2.20. The summed E-state index contributed by atoms with van der Waals surface area (Å²) in [6, 6.07) is 0.779. The van der Waals surface area contributed by atoms with E-state index in [1.54, 1.807) is 0 Å². The van der Waals surface area contributed by atoms with Gasteiger partial charge in [-0.25, -0.2) is 0 Å². The summed E-state index contributed by atoms with van der Waals surface area (Å²) in [6.45, 7) is 4.16. The number of rotatable bonds is 2. The molecule has 1 N–H and O–H groups in total. The van der Waals surface area contributed by atoms with Crippen LogP contribution in [-0.2, 0) is 4.74 Å². The number of nitrogens with one attached hydrogen (secondary N) is 1. The second-order valence-electron chi connectivity index (χ2n) is 3.33. The molecule has 0 aromatic rings. The fourth-order valence-electron chi connectivity index (χ4n) is 2.20. The molecule has 58 valence electrons. The van der Waals surface area contributed by atoms with E-state index in [2.05, 4.69) is 12.2 Å². The normalized spacial score (nSPS) is 44.7. The first-order valence-corrected chi connectivity index (χ1v) is 4.25. The van der Waals surface area contributed by atoms with Crippen molar-refractivity contribution < 1.29 is 4.74 Å². The van der Waals surface area contributed by atoms with Crippen LogP contribution in [0, 0.1) is 5.92 Å². The minimum Gasteiger partial charge on any atom is -0.378 e. The molecule has 2 nitrogen and oxygen atoms in total. The monoisotopic (exact) mass is 141 g/mol. The largest absolute Gasteiger partial charge is 0.378 e. The van der Waals surface area contributed by atoms with Crippen molar-refractivity contribution in [1.82, 2.24) is 5.32 Å². The highest BCUT2D eigenvalue weighted by atomic mass is 16.5. The molecule has 1 aliphatic heterocycles. The maximum atomic E-state index is 5.60. The van der Waals surface area contributed by atoms with E-state index in [0.29, 0.717) is 6.10 Å². The van der Waals surface area contributed by atoms with Crippen LogP contribution in [0.2, 0.25) is 0 Å². The van der Waals surface area contributed by atoms with Gasteiger partial charge in [-0.15, -0.1) is 0 Å². The lowest BCUT2D eigenvalue weighted by molar-refractivity contribution is 0.0292. The van der Waals surface area contributed by atoms with Gasteiger partial charge < -0.3 is 10.1 Å². The molecule has 0 amide bonds. The van der Waals surface area contributed by atoms with Gasteiger partial charge in [0.05, 0.1) is 6.10 Å². The lowest BCUT2D eigenvalue weighted by Crippen LogP contribution is -2.34. The summed E-state index contributed by atoms with van der Waals surface area (Å²) in [5.74, 6) is 0.824. The second kappa shape index (κ2) is 2.51. The zero-order chi connectivity index (χ0) is 6.97. The van der Waals surface area contributed by atoms with Crippen LogP contribution in [0.1, 0.15) is 19.8 Å². The van der Waals surface area contributed by atoms with Gasteiger partial charge in [0.25, 0.3) is 0 Å². The topological polar surface area (TPSA) is 21.3 Å². The van der Waals surface area contributed by atoms with Crippen molar-refractivity contribution in [2.45, 2.75) is 31.9 Å². The Bertz CT molecular complexity index is 126. The van der Waals surface area contributed by atoms with E-state index in [4.69, 9.17) is 4.74 Å². The van der Waals surface area contributed by atoms with Crippen LogP contribution in [0.4, 0.5) is 0 Å². The van der Waals surface area contributed by atoms with E-state index in [0.717, 1.165) is 18.6 Å². The molecule has 1 aliphatic carbocycles. The third-order valence-corrected chi connectivity index (χ3v) is 2.68. The highest BCUT2D eigenvalue weighted by Gasteiger charge is 2.39. The van der Waals surface area contributed by atoms with Crippen molar-refractivity contribution in [3.8, 4) is 0 Å². The van der Waals surface area contributed by atoms with E-state index in [1.807, 2.05) is 0 Å². The van der Waals surface area contributed by atoms with E-state index in [9.17, 15) is 0 Å². The molecule has 0 spiro atoms. The van der Waals surface area contributed by atoms with Gasteiger partial charge in [-0.3, -0.25) is 0 Å².